The van der Waals surface area contributed by atoms with Crippen molar-refractivity contribution in [2.45, 2.75) is 6.92 Å². The van der Waals surface area contributed by atoms with Crippen molar-refractivity contribution in [3.8, 4) is 11.3 Å². The Bertz CT molecular complexity index is 964. The Morgan fingerprint density at radius 2 is 2.00 bits per heavy atom. The zero-order chi connectivity index (χ0) is 17.1. The van der Waals surface area contributed by atoms with Crippen molar-refractivity contribution in [3.05, 3.63) is 68.0 Å². The van der Waals surface area contributed by atoms with E-state index >= 15 is 0 Å². The fourth-order valence-corrected chi connectivity index (χ4v) is 2.91. The SMILES string of the molecule is CN=c1scc(-c2ccc(C)cc2)n1N=Cc1ccc([N+](=O)[O-])o1. The second kappa shape index (κ2) is 6.63. The van der Waals surface area contributed by atoms with Gasteiger partial charge in [0, 0.05) is 18.0 Å². The lowest BCUT2D eigenvalue weighted by molar-refractivity contribution is -0.402. The van der Waals surface area contributed by atoms with Gasteiger partial charge in [0.05, 0.1) is 18.0 Å². The van der Waals surface area contributed by atoms with Gasteiger partial charge in [-0.3, -0.25) is 15.1 Å². The smallest absolute Gasteiger partial charge is 0.400 e. The van der Waals surface area contributed by atoms with E-state index in [1.807, 2.05) is 36.6 Å². The maximum absolute atomic E-state index is 10.7. The van der Waals surface area contributed by atoms with Crippen LogP contribution in [0.1, 0.15) is 11.3 Å². The van der Waals surface area contributed by atoms with E-state index in [1.165, 1.54) is 35.2 Å². The summed E-state index contributed by atoms with van der Waals surface area (Å²) in [5, 5.41) is 17.0. The van der Waals surface area contributed by atoms with E-state index in [2.05, 4.69) is 10.1 Å². The fraction of sp³-hybridized carbons (Fsp3) is 0.125. The van der Waals surface area contributed by atoms with Crippen molar-refractivity contribution >= 4 is 23.4 Å². The molecule has 0 unspecified atom stereocenters. The van der Waals surface area contributed by atoms with Crippen LogP contribution in [0.3, 0.4) is 0 Å². The number of nitrogens with zero attached hydrogens (tertiary/aromatic N) is 4. The quantitative estimate of drug-likeness (QED) is 0.413. The Labute approximate surface area is 141 Å². The van der Waals surface area contributed by atoms with E-state index in [4.69, 9.17) is 4.42 Å². The molecule has 0 fully saturated rings. The highest BCUT2D eigenvalue weighted by Crippen LogP contribution is 2.21. The van der Waals surface area contributed by atoms with E-state index in [0.717, 1.165) is 11.3 Å². The minimum Gasteiger partial charge on any atom is -0.400 e. The van der Waals surface area contributed by atoms with Crippen molar-refractivity contribution in [2.75, 3.05) is 7.05 Å². The standard InChI is InChI=1S/C16H14N4O3S/c1-11-3-5-12(6-4-11)14-10-24-16(17-2)19(14)18-9-13-7-8-15(23-13)20(21)22/h3-10H,1-2H3. The van der Waals surface area contributed by atoms with Gasteiger partial charge in [-0.1, -0.05) is 29.8 Å². The topological polar surface area (TPSA) is 85.9 Å². The Hall–Kier alpha value is -3.00. The molecular formula is C16H14N4O3S. The lowest BCUT2D eigenvalue weighted by atomic mass is 10.1. The minimum absolute atomic E-state index is 0.303. The number of nitro groups is 1. The van der Waals surface area contributed by atoms with Gasteiger partial charge >= 0.3 is 5.88 Å². The predicted octanol–water partition coefficient (Wildman–Crippen LogP) is 3.44. The number of aryl methyl sites for hydroxylation is 1. The second-order valence-electron chi connectivity index (χ2n) is 4.98. The molecule has 0 radical (unpaired) electrons. The Morgan fingerprint density at radius 1 is 1.25 bits per heavy atom. The third-order valence-electron chi connectivity index (χ3n) is 3.32. The molecule has 0 aliphatic carbocycles. The molecule has 3 aromatic rings. The van der Waals surface area contributed by atoms with Crippen molar-refractivity contribution in [2.24, 2.45) is 10.1 Å². The van der Waals surface area contributed by atoms with Gasteiger partial charge in [0.25, 0.3) is 0 Å². The van der Waals surface area contributed by atoms with Crippen LogP contribution in [-0.4, -0.2) is 22.9 Å². The summed E-state index contributed by atoms with van der Waals surface area (Å²) in [7, 11) is 1.69. The van der Waals surface area contributed by atoms with Crippen LogP contribution in [0.25, 0.3) is 11.3 Å². The summed E-state index contributed by atoms with van der Waals surface area (Å²) < 4.78 is 6.77. The molecular weight excluding hydrogens is 328 g/mol. The average Bonchev–Trinajstić information content (AvgIpc) is 3.20. The first-order valence-corrected chi connectivity index (χ1v) is 7.95. The molecule has 2 heterocycles. The highest BCUT2D eigenvalue weighted by Gasteiger charge is 2.11. The molecule has 0 bridgehead atoms. The molecule has 3 rings (SSSR count). The summed E-state index contributed by atoms with van der Waals surface area (Å²) in [6, 6.07) is 10.9. The van der Waals surface area contributed by atoms with E-state index < -0.39 is 4.92 Å². The molecule has 2 aromatic heterocycles. The third-order valence-corrected chi connectivity index (χ3v) is 4.22. The van der Waals surface area contributed by atoms with Crippen LogP contribution in [-0.2, 0) is 0 Å². The minimum atomic E-state index is -0.584. The second-order valence-corrected chi connectivity index (χ2v) is 5.82. The number of hydrogen-bond acceptors (Lipinski definition) is 6. The van der Waals surface area contributed by atoms with Gasteiger partial charge in [-0.25, -0.2) is 4.68 Å². The molecule has 0 saturated heterocycles. The number of aromatic nitrogens is 1. The summed E-state index contributed by atoms with van der Waals surface area (Å²) in [6.45, 7) is 2.03. The van der Waals surface area contributed by atoms with Crippen molar-refractivity contribution in [3.63, 3.8) is 0 Å². The van der Waals surface area contributed by atoms with Crippen LogP contribution in [0.4, 0.5) is 5.88 Å². The molecule has 24 heavy (non-hydrogen) atoms. The predicted molar refractivity (Wildman–Crippen MR) is 92.3 cm³/mol. The molecule has 0 aliphatic heterocycles. The highest BCUT2D eigenvalue weighted by atomic mass is 32.1. The van der Waals surface area contributed by atoms with Gasteiger partial charge in [0.1, 0.15) is 4.92 Å². The summed E-state index contributed by atoms with van der Waals surface area (Å²) in [5.74, 6) is -0.0109. The Morgan fingerprint density at radius 3 is 2.62 bits per heavy atom. The first-order valence-electron chi connectivity index (χ1n) is 7.07. The molecule has 0 spiro atoms. The number of hydrogen-bond donors (Lipinski definition) is 0. The van der Waals surface area contributed by atoms with Crippen molar-refractivity contribution in [1.82, 2.24) is 4.68 Å². The normalized spacial score (nSPS) is 12.2. The van der Waals surface area contributed by atoms with Crippen LogP contribution >= 0.6 is 11.3 Å². The van der Waals surface area contributed by atoms with Crippen LogP contribution < -0.4 is 4.80 Å². The van der Waals surface area contributed by atoms with Crippen molar-refractivity contribution in [1.29, 1.82) is 0 Å². The fourth-order valence-electron chi connectivity index (χ4n) is 2.11. The number of furan rings is 1. The Kier molecular flexibility index (Phi) is 4.39. The van der Waals surface area contributed by atoms with Gasteiger partial charge in [0.15, 0.2) is 5.76 Å². The van der Waals surface area contributed by atoms with E-state index in [-0.39, 0.29) is 5.88 Å². The summed E-state index contributed by atoms with van der Waals surface area (Å²) in [6.07, 6.45) is 1.44. The molecule has 8 heteroatoms. The highest BCUT2D eigenvalue weighted by molar-refractivity contribution is 7.07. The maximum Gasteiger partial charge on any atom is 0.433 e. The van der Waals surface area contributed by atoms with Crippen LogP contribution in [0.5, 0.6) is 0 Å². The van der Waals surface area contributed by atoms with Crippen molar-refractivity contribution < 1.29 is 9.34 Å². The van der Waals surface area contributed by atoms with Crippen LogP contribution in [0.15, 0.2) is 56.3 Å². The van der Waals surface area contributed by atoms with E-state index in [0.29, 0.717) is 10.6 Å². The summed E-state index contributed by atoms with van der Waals surface area (Å²) in [5.41, 5.74) is 3.07. The molecule has 1 aromatic carbocycles. The first kappa shape index (κ1) is 15.9. The van der Waals surface area contributed by atoms with E-state index in [1.54, 1.807) is 11.7 Å². The summed E-state index contributed by atoms with van der Waals surface area (Å²) >= 11 is 1.46. The maximum atomic E-state index is 10.7. The number of thiazole rings is 1. The molecule has 122 valence electrons. The lowest BCUT2D eigenvalue weighted by Gasteiger charge is -2.03. The lowest BCUT2D eigenvalue weighted by Crippen LogP contribution is -2.11. The molecule has 0 atom stereocenters. The van der Waals surface area contributed by atoms with E-state index in [9.17, 15) is 10.1 Å². The van der Waals surface area contributed by atoms with Gasteiger partial charge in [-0.15, -0.1) is 11.3 Å². The molecule has 0 saturated carbocycles. The van der Waals surface area contributed by atoms with Crippen LogP contribution in [0, 0.1) is 17.0 Å². The zero-order valence-electron chi connectivity index (χ0n) is 13.0. The largest absolute Gasteiger partial charge is 0.433 e. The van der Waals surface area contributed by atoms with Gasteiger partial charge in [-0.05, 0) is 13.0 Å². The average molecular weight is 342 g/mol. The molecule has 0 amide bonds. The number of benzene rings is 1. The first-order chi connectivity index (χ1) is 11.6. The van der Waals surface area contributed by atoms with Gasteiger partial charge in [0.2, 0.25) is 4.80 Å². The molecule has 0 N–H and O–H groups in total. The molecule has 7 nitrogen and oxygen atoms in total. The summed E-state index contributed by atoms with van der Waals surface area (Å²) in [4.78, 5) is 15.0. The number of rotatable bonds is 4. The van der Waals surface area contributed by atoms with Gasteiger partial charge < -0.3 is 4.42 Å². The van der Waals surface area contributed by atoms with Crippen LogP contribution in [0.2, 0.25) is 0 Å². The Balaban J connectivity index is 2.00. The van der Waals surface area contributed by atoms with Gasteiger partial charge in [-0.2, -0.15) is 5.10 Å². The monoisotopic (exact) mass is 342 g/mol. The third kappa shape index (κ3) is 3.18. The molecule has 0 aliphatic rings. The zero-order valence-corrected chi connectivity index (χ0v) is 13.9.